The summed E-state index contributed by atoms with van der Waals surface area (Å²) in [5.74, 6) is 0.275. The number of hydrogen-bond acceptors (Lipinski definition) is 3. The molecule has 0 aromatic heterocycles. The molecule has 4 nitrogen and oxygen atoms in total. The van der Waals surface area contributed by atoms with Gasteiger partial charge in [-0.3, -0.25) is 4.79 Å². The maximum atomic E-state index is 12.1. The van der Waals surface area contributed by atoms with E-state index in [-0.39, 0.29) is 30.1 Å². The monoisotopic (exact) mass is 253 g/mol. The number of fused-ring (bicyclic) bond motifs is 1. The van der Waals surface area contributed by atoms with E-state index in [0.717, 1.165) is 25.7 Å². The Labute approximate surface area is 109 Å². The maximum absolute atomic E-state index is 12.1. The van der Waals surface area contributed by atoms with Gasteiger partial charge in [0.25, 0.3) is 0 Å². The van der Waals surface area contributed by atoms with Crippen LogP contribution in [0.3, 0.4) is 0 Å². The third kappa shape index (κ3) is 2.52. The van der Waals surface area contributed by atoms with Crippen LogP contribution in [0.15, 0.2) is 0 Å². The molecular formula is C14H23NO3. The lowest BCUT2D eigenvalue weighted by atomic mass is 9.85. The average Bonchev–Trinajstić information content (AvgIpc) is 2.67. The summed E-state index contributed by atoms with van der Waals surface area (Å²) in [4.78, 5) is 25.7. The summed E-state index contributed by atoms with van der Waals surface area (Å²) in [6.07, 6.45) is 5.23. The minimum absolute atomic E-state index is 0.00936. The van der Waals surface area contributed by atoms with Gasteiger partial charge >= 0.3 is 5.97 Å². The average molecular weight is 253 g/mol. The molecule has 4 heteroatoms. The molecule has 102 valence electrons. The van der Waals surface area contributed by atoms with Gasteiger partial charge < -0.3 is 9.64 Å². The summed E-state index contributed by atoms with van der Waals surface area (Å²) < 4.78 is 5.29. The minimum Gasteiger partial charge on any atom is -0.461 e. The Bertz CT molecular complexity index is 340. The van der Waals surface area contributed by atoms with Crippen LogP contribution in [-0.2, 0) is 14.3 Å². The van der Waals surface area contributed by atoms with Crippen LogP contribution in [0.5, 0.6) is 0 Å². The first-order chi connectivity index (χ1) is 8.50. The van der Waals surface area contributed by atoms with E-state index in [9.17, 15) is 9.59 Å². The van der Waals surface area contributed by atoms with E-state index in [1.54, 1.807) is 11.8 Å². The molecular weight excluding hydrogens is 230 g/mol. The first-order valence-electron chi connectivity index (χ1n) is 7.00. The molecule has 1 saturated carbocycles. The molecule has 3 atom stereocenters. The number of hydrogen-bond donors (Lipinski definition) is 0. The van der Waals surface area contributed by atoms with Gasteiger partial charge in [0, 0.05) is 13.0 Å². The van der Waals surface area contributed by atoms with E-state index in [0.29, 0.717) is 5.92 Å². The van der Waals surface area contributed by atoms with Crippen molar-refractivity contribution in [2.75, 3.05) is 0 Å². The van der Waals surface area contributed by atoms with Crippen LogP contribution in [0.4, 0.5) is 0 Å². The van der Waals surface area contributed by atoms with Crippen LogP contribution in [0, 0.1) is 5.92 Å². The van der Waals surface area contributed by atoms with Gasteiger partial charge in [-0.1, -0.05) is 12.8 Å². The molecule has 0 radical (unpaired) electrons. The number of carbonyl (C=O) groups excluding carboxylic acids is 2. The number of amides is 1. The fraction of sp³-hybridized carbons (Fsp3) is 0.857. The molecule has 3 unspecified atom stereocenters. The summed E-state index contributed by atoms with van der Waals surface area (Å²) >= 11 is 0. The Kier molecular flexibility index (Phi) is 3.93. The summed E-state index contributed by atoms with van der Waals surface area (Å²) in [7, 11) is 0. The fourth-order valence-electron chi connectivity index (χ4n) is 3.43. The summed E-state index contributed by atoms with van der Waals surface area (Å²) in [5, 5.41) is 0. The molecule has 0 N–H and O–H groups in total. The van der Waals surface area contributed by atoms with Crippen molar-refractivity contribution in [1.82, 2.24) is 4.90 Å². The second-order valence-electron chi connectivity index (χ2n) is 5.78. The Morgan fingerprint density at radius 3 is 2.50 bits per heavy atom. The highest BCUT2D eigenvalue weighted by atomic mass is 16.5. The van der Waals surface area contributed by atoms with Gasteiger partial charge in [-0.05, 0) is 39.0 Å². The molecule has 1 heterocycles. The number of ether oxygens (including phenoxy) is 1. The van der Waals surface area contributed by atoms with Crippen LogP contribution >= 0.6 is 0 Å². The second kappa shape index (κ2) is 5.29. The van der Waals surface area contributed by atoms with Crippen LogP contribution in [0.2, 0.25) is 0 Å². The fourth-order valence-corrected chi connectivity index (χ4v) is 3.43. The molecule has 0 bridgehead atoms. The predicted octanol–water partition coefficient (Wildman–Crippen LogP) is 2.12. The van der Waals surface area contributed by atoms with Crippen molar-refractivity contribution in [2.24, 2.45) is 5.92 Å². The minimum atomic E-state index is -0.349. The van der Waals surface area contributed by atoms with Crippen molar-refractivity contribution >= 4 is 11.9 Å². The second-order valence-corrected chi connectivity index (χ2v) is 5.78. The molecule has 2 rings (SSSR count). The highest BCUT2D eigenvalue weighted by molar-refractivity contribution is 5.84. The number of carbonyl (C=O) groups is 2. The van der Waals surface area contributed by atoms with Crippen molar-refractivity contribution in [2.45, 2.75) is 71.1 Å². The van der Waals surface area contributed by atoms with E-state index in [1.165, 1.54) is 6.42 Å². The van der Waals surface area contributed by atoms with Crippen LogP contribution in [0.25, 0.3) is 0 Å². The third-order valence-corrected chi connectivity index (χ3v) is 4.08. The van der Waals surface area contributed by atoms with E-state index in [2.05, 4.69) is 0 Å². The summed E-state index contributed by atoms with van der Waals surface area (Å²) in [5.41, 5.74) is 0. The first-order valence-corrected chi connectivity index (χ1v) is 7.00. The molecule has 0 aromatic carbocycles. The van der Waals surface area contributed by atoms with Crippen molar-refractivity contribution in [3.05, 3.63) is 0 Å². The lowest BCUT2D eigenvalue weighted by Gasteiger charge is -2.32. The van der Waals surface area contributed by atoms with Crippen LogP contribution < -0.4 is 0 Å². The zero-order valence-electron chi connectivity index (χ0n) is 11.5. The van der Waals surface area contributed by atoms with Gasteiger partial charge in [0.05, 0.1) is 6.10 Å². The Morgan fingerprint density at radius 1 is 1.22 bits per heavy atom. The quantitative estimate of drug-likeness (QED) is 0.708. The predicted molar refractivity (Wildman–Crippen MR) is 67.9 cm³/mol. The number of nitrogens with zero attached hydrogens (tertiary/aromatic N) is 1. The van der Waals surface area contributed by atoms with Gasteiger partial charge in [-0.15, -0.1) is 0 Å². The third-order valence-electron chi connectivity index (χ3n) is 4.08. The van der Waals surface area contributed by atoms with Gasteiger partial charge in [0.15, 0.2) is 0 Å². The SMILES string of the molecule is CC(=O)N1C(C(=O)OC(C)C)CC2CCCCC21. The lowest BCUT2D eigenvalue weighted by molar-refractivity contribution is -0.157. The molecule has 18 heavy (non-hydrogen) atoms. The molecule has 2 fully saturated rings. The Balaban J connectivity index is 2.13. The number of rotatable bonds is 2. The van der Waals surface area contributed by atoms with E-state index >= 15 is 0 Å². The van der Waals surface area contributed by atoms with Crippen LogP contribution in [-0.4, -0.2) is 35.0 Å². The molecule has 1 amide bonds. The molecule has 0 aromatic rings. The van der Waals surface area contributed by atoms with Gasteiger partial charge in [-0.2, -0.15) is 0 Å². The molecule has 1 aliphatic carbocycles. The highest BCUT2D eigenvalue weighted by Gasteiger charge is 2.47. The topological polar surface area (TPSA) is 46.6 Å². The molecule has 1 aliphatic heterocycles. The van der Waals surface area contributed by atoms with Crippen LogP contribution in [0.1, 0.15) is 52.9 Å². The molecule has 1 saturated heterocycles. The summed E-state index contributed by atoms with van der Waals surface area (Å²) in [6.45, 7) is 5.25. The zero-order valence-corrected chi connectivity index (χ0v) is 11.5. The van der Waals surface area contributed by atoms with Crippen molar-refractivity contribution in [3.63, 3.8) is 0 Å². The Morgan fingerprint density at radius 2 is 1.89 bits per heavy atom. The number of esters is 1. The van der Waals surface area contributed by atoms with Crippen molar-refractivity contribution in [3.8, 4) is 0 Å². The zero-order chi connectivity index (χ0) is 13.3. The molecule has 0 spiro atoms. The maximum Gasteiger partial charge on any atom is 0.329 e. The smallest absolute Gasteiger partial charge is 0.329 e. The van der Waals surface area contributed by atoms with E-state index in [1.807, 2.05) is 13.8 Å². The van der Waals surface area contributed by atoms with Gasteiger partial charge in [0.1, 0.15) is 6.04 Å². The van der Waals surface area contributed by atoms with Gasteiger partial charge in [0.2, 0.25) is 5.91 Å². The van der Waals surface area contributed by atoms with E-state index in [4.69, 9.17) is 4.74 Å². The number of likely N-dealkylation sites (tertiary alicyclic amines) is 1. The normalized spacial score (nSPS) is 31.3. The summed E-state index contributed by atoms with van der Waals surface area (Å²) in [6, 6.07) is -0.0843. The Hall–Kier alpha value is -1.06. The first kappa shape index (κ1) is 13.4. The highest BCUT2D eigenvalue weighted by Crippen LogP contribution is 2.40. The molecule has 2 aliphatic rings. The van der Waals surface area contributed by atoms with Gasteiger partial charge in [-0.25, -0.2) is 4.79 Å². The van der Waals surface area contributed by atoms with E-state index < -0.39 is 0 Å². The standard InChI is InChI=1S/C14H23NO3/c1-9(2)18-14(17)13-8-11-6-4-5-7-12(11)15(13)10(3)16/h9,11-13H,4-8H2,1-3H3. The largest absolute Gasteiger partial charge is 0.461 e. The van der Waals surface area contributed by atoms with Crippen molar-refractivity contribution in [1.29, 1.82) is 0 Å². The lowest BCUT2D eigenvalue weighted by Crippen LogP contribution is -2.46. The van der Waals surface area contributed by atoms with Crippen molar-refractivity contribution < 1.29 is 14.3 Å².